The lowest BCUT2D eigenvalue weighted by Gasteiger charge is -2.31. The summed E-state index contributed by atoms with van der Waals surface area (Å²) in [4.78, 5) is 15.7. The van der Waals surface area contributed by atoms with Crippen molar-refractivity contribution in [3.05, 3.63) is 47.4 Å². The Labute approximate surface area is 116 Å². The summed E-state index contributed by atoms with van der Waals surface area (Å²) >= 11 is 1.62. The van der Waals surface area contributed by atoms with Gasteiger partial charge < -0.3 is 4.90 Å². The van der Waals surface area contributed by atoms with E-state index in [9.17, 15) is 4.79 Å². The number of carbonyl (C=O) groups is 1. The molecule has 2 bridgehead atoms. The first-order valence-electron chi connectivity index (χ1n) is 6.81. The van der Waals surface area contributed by atoms with Crippen molar-refractivity contribution in [1.29, 1.82) is 0 Å². The standard InChI is InChI=1S/C16H15NOS/c18-16(17-12-5-3-6-13(17)9-8-12)15-10-11-4-1-2-7-14(11)19-15/h1-5,7,10,12-13H,6,8-9H2. The van der Waals surface area contributed by atoms with E-state index >= 15 is 0 Å². The van der Waals surface area contributed by atoms with Crippen LogP contribution >= 0.6 is 11.3 Å². The molecule has 1 aromatic carbocycles. The van der Waals surface area contributed by atoms with Crippen molar-refractivity contribution in [1.82, 2.24) is 4.90 Å². The van der Waals surface area contributed by atoms with Crippen molar-refractivity contribution in [2.24, 2.45) is 0 Å². The molecule has 2 unspecified atom stereocenters. The number of fused-ring (bicyclic) bond motifs is 3. The van der Waals surface area contributed by atoms with E-state index in [-0.39, 0.29) is 5.91 Å². The molecule has 0 N–H and O–H groups in total. The molecule has 2 atom stereocenters. The minimum Gasteiger partial charge on any atom is -0.328 e. The number of carbonyl (C=O) groups excluding carboxylic acids is 1. The molecular weight excluding hydrogens is 254 g/mol. The van der Waals surface area contributed by atoms with Gasteiger partial charge in [0.05, 0.1) is 10.9 Å². The molecule has 19 heavy (non-hydrogen) atoms. The molecule has 1 fully saturated rings. The van der Waals surface area contributed by atoms with Gasteiger partial charge in [0.2, 0.25) is 0 Å². The van der Waals surface area contributed by atoms with Crippen LogP contribution in [0.15, 0.2) is 42.5 Å². The molecule has 2 aliphatic rings. The minimum absolute atomic E-state index is 0.220. The highest BCUT2D eigenvalue weighted by Gasteiger charge is 2.37. The predicted octanol–water partition coefficient (Wildman–Crippen LogP) is 3.83. The van der Waals surface area contributed by atoms with Crippen LogP contribution in [0.25, 0.3) is 10.1 Å². The predicted molar refractivity (Wildman–Crippen MR) is 78.6 cm³/mol. The number of hydrogen-bond donors (Lipinski definition) is 0. The van der Waals surface area contributed by atoms with E-state index in [1.807, 2.05) is 18.2 Å². The zero-order chi connectivity index (χ0) is 12.8. The maximum atomic E-state index is 12.7. The van der Waals surface area contributed by atoms with E-state index in [0.29, 0.717) is 12.1 Å². The fourth-order valence-corrected chi connectivity index (χ4v) is 4.26. The van der Waals surface area contributed by atoms with Gasteiger partial charge in [0.1, 0.15) is 0 Å². The maximum Gasteiger partial charge on any atom is 0.264 e. The molecule has 3 heteroatoms. The molecule has 0 spiro atoms. The summed E-state index contributed by atoms with van der Waals surface area (Å²) in [7, 11) is 0. The van der Waals surface area contributed by atoms with Crippen LogP contribution in [0.5, 0.6) is 0 Å². The van der Waals surface area contributed by atoms with Gasteiger partial charge in [-0.2, -0.15) is 0 Å². The third kappa shape index (κ3) is 1.72. The second-order valence-corrected chi connectivity index (χ2v) is 6.41. The van der Waals surface area contributed by atoms with Crippen molar-refractivity contribution in [2.45, 2.75) is 31.3 Å². The number of rotatable bonds is 1. The number of amides is 1. The normalized spacial score (nSPS) is 25.2. The first-order chi connectivity index (χ1) is 9.33. The van der Waals surface area contributed by atoms with Gasteiger partial charge >= 0.3 is 0 Å². The zero-order valence-corrected chi connectivity index (χ0v) is 11.4. The molecule has 1 aromatic heterocycles. The SMILES string of the molecule is O=C(c1cc2ccccc2s1)N1C2C=CCC1CC2. The van der Waals surface area contributed by atoms with Gasteiger partial charge in [-0.15, -0.1) is 11.3 Å². The Bertz CT molecular complexity index is 639. The van der Waals surface area contributed by atoms with Crippen LogP contribution in [0.1, 0.15) is 28.9 Å². The average Bonchev–Trinajstić information content (AvgIpc) is 2.97. The molecule has 3 heterocycles. The first kappa shape index (κ1) is 11.2. The topological polar surface area (TPSA) is 20.3 Å². The Morgan fingerprint density at radius 3 is 3.00 bits per heavy atom. The summed E-state index contributed by atoms with van der Waals surface area (Å²) in [5.74, 6) is 0.220. The van der Waals surface area contributed by atoms with Crippen LogP contribution in [0.3, 0.4) is 0 Å². The zero-order valence-electron chi connectivity index (χ0n) is 10.6. The molecular formula is C16H15NOS. The molecule has 0 aliphatic carbocycles. The van der Waals surface area contributed by atoms with E-state index in [2.05, 4.69) is 29.2 Å². The fourth-order valence-electron chi connectivity index (χ4n) is 3.26. The summed E-state index contributed by atoms with van der Waals surface area (Å²) in [6, 6.07) is 11.0. The second kappa shape index (κ2) is 4.20. The van der Waals surface area contributed by atoms with Crippen molar-refractivity contribution in [2.75, 3.05) is 0 Å². The third-order valence-electron chi connectivity index (χ3n) is 4.18. The average molecular weight is 269 g/mol. The maximum absolute atomic E-state index is 12.7. The molecule has 2 aliphatic heterocycles. The Kier molecular flexibility index (Phi) is 2.49. The summed E-state index contributed by atoms with van der Waals surface area (Å²) < 4.78 is 1.20. The Hall–Kier alpha value is -1.61. The molecule has 2 aromatic rings. The third-order valence-corrected chi connectivity index (χ3v) is 5.29. The van der Waals surface area contributed by atoms with Gasteiger partial charge in [-0.3, -0.25) is 4.79 Å². The second-order valence-electron chi connectivity index (χ2n) is 5.32. The smallest absolute Gasteiger partial charge is 0.264 e. The summed E-state index contributed by atoms with van der Waals surface area (Å²) in [5.41, 5.74) is 0. The summed E-state index contributed by atoms with van der Waals surface area (Å²) in [6.07, 6.45) is 7.73. The van der Waals surface area contributed by atoms with Crippen LogP contribution in [-0.2, 0) is 0 Å². The summed E-state index contributed by atoms with van der Waals surface area (Å²) in [5, 5.41) is 1.18. The van der Waals surface area contributed by atoms with Gasteiger partial charge in [-0.05, 0) is 36.8 Å². The Balaban J connectivity index is 1.72. The lowest BCUT2D eigenvalue weighted by molar-refractivity contribution is 0.0694. The lowest BCUT2D eigenvalue weighted by atomic mass is 10.1. The van der Waals surface area contributed by atoms with E-state index in [1.165, 1.54) is 10.1 Å². The molecule has 1 amide bonds. The number of hydrogen-bond acceptors (Lipinski definition) is 2. The van der Waals surface area contributed by atoms with Crippen LogP contribution in [0.2, 0.25) is 0 Å². The van der Waals surface area contributed by atoms with Crippen molar-refractivity contribution < 1.29 is 4.79 Å². The molecule has 4 rings (SSSR count). The fraction of sp³-hybridized carbons (Fsp3) is 0.312. The monoisotopic (exact) mass is 269 g/mol. The lowest BCUT2D eigenvalue weighted by Crippen LogP contribution is -2.41. The van der Waals surface area contributed by atoms with E-state index in [0.717, 1.165) is 24.1 Å². The first-order valence-corrected chi connectivity index (χ1v) is 7.62. The molecule has 0 saturated carbocycles. The largest absolute Gasteiger partial charge is 0.328 e. The van der Waals surface area contributed by atoms with E-state index < -0.39 is 0 Å². The highest BCUT2D eigenvalue weighted by atomic mass is 32.1. The van der Waals surface area contributed by atoms with Crippen LogP contribution in [0, 0.1) is 0 Å². The van der Waals surface area contributed by atoms with Gasteiger partial charge in [0.25, 0.3) is 5.91 Å². The van der Waals surface area contributed by atoms with Crippen LogP contribution in [0.4, 0.5) is 0 Å². The van der Waals surface area contributed by atoms with E-state index in [1.54, 1.807) is 11.3 Å². The molecule has 0 radical (unpaired) electrons. The molecule has 1 saturated heterocycles. The highest BCUT2D eigenvalue weighted by molar-refractivity contribution is 7.20. The van der Waals surface area contributed by atoms with Gasteiger partial charge in [0.15, 0.2) is 0 Å². The van der Waals surface area contributed by atoms with E-state index in [4.69, 9.17) is 0 Å². The van der Waals surface area contributed by atoms with Crippen molar-refractivity contribution >= 4 is 27.3 Å². The van der Waals surface area contributed by atoms with Crippen molar-refractivity contribution in [3.8, 4) is 0 Å². The van der Waals surface area contributed by atoms with Crippen LogP contribution in [-0.4, -0.2) is 22.9 Å². The number of thiophene rings is 1. The number of nitrogens with zero attached hydrogens (tertiary/aromatic N) is 1. The minimum atomic E-state index is 0.220. The van der Waals surface area contributed by atoms with Crippen LogP contribution < -0.4 is 0 Å². The Morgan fingerprint density at radius 2 is 2.16 bits per heavy atom. The van der Waals surface area contributed by atoms with Crippen molar-refractivity contribution in [3.63, 3.8) is 0 Å². The van der Waals surface area contributed by atoms with Gasteiger partial charge in [-0.25, -0.2) is 0 Å². The van der Waals surface area contributed by atoms with Gasteiger partial charge in [0, 0.05) is 10.7 Å². The molecule has 2 nitrogen and oxygen atoms in total. The number of benzene rings is 1. The quantitative estimate of drug-likeness (QED) is 0.720. The highest BCUT2D eigenvalue weighted by Crippen LogP contribution is 2.35. The van der Waals surface area contributed by atoms with Gasteiger partial charge in [-0.1, -0.05) is 30.4 Å². The molecule has 96 valence electrons. The summed E-state index contributed by atoms with van der Waals surface area (Å²) in [6.45, 7) is 0. The Morgan fingerprint density at radius 1 is 1.26 bits per heavy atom.